The van der Waals surface area contributed by atoms with Crippen LogP contribution in [0.2, 0.25) is 0 Å². The van der Waals surface area contributed by atoms with Crippen molar-refractivity contribution >= 4 is 5.96 Å². The maximum Gasteiger partial charge on any atom is 0.403 e. The number of aromatic nitrogens is 3. The van der Waals surface area contributed by atoms with Crippen LogP contribution in [0.5, 0.6) is 0 Å². The number of rotatable bonds is 3. The van der Waals surface area contributed by atoms with Crippen molar-refractivity contribution in [2.45, 2.75) is 25.7 Å². The van der Waals surface area contributed by atoms with E-state index in [0.717, 1.165) is 5.82 Å². The van der Waals surface area contributed by atoms with Gasteiger partial charge in [-0.3, -0.25) is 14.6 Å². The first-order valence-corrected chi connectivity index (χ1v) is 7.42. The lowest BCUT2D eigenvalue weighted by molar-refractivity contribution is -0.181. The minimum Gasteiger partial charge on any atom is -0.349 e. The van der Waals surface area contributed by atoms with Gasteiger partial charge in [0.1, 0.15) is 18.2 Å². The molecule has 0 bridgehead atoms. The van der Waals surface area contributed by atoms with Crippen LogP contribution in [0.3, 0.4) is 0 Å². The first kappa shape index (κ1) is 17.5. The molecule has 0 saturated carbocycles. The van der Waals surface area contributed by atoms with Gasteiger partial charge in [-0.1, -0.05) is 0 Å². The number of halogens is 3. The second kappa shape index (κ2) is 7.16. The Morgan fingerprint density at radius 1 is 1.35 bits per heavy atom. The van der Waals surface area contributed by atoms with Crippen LogP contribution in [-0.4, -0.2) is 76.0 Å². The van der Waals surface area contributed by atoms with Crippen LogP contribution in [0.1, 0.15) is 12.7 Å². The van der Waals surface area contributed by atoms with E-state index in [4.69, 9.17) is 0 Å². The van der Waals surface area contributed by atoms with Crippen molar-refractivity contribution in [3.05, 3.63) is 12.2 Å². The van der Waals surface area contributed by atoms with E-state index in [0.29, 0.717) is 38.7 Å². The van der Waals surface area contributed by atoms with Gasteiger partial charge in [0.05, 0.1) is 6.54 Å². The first-order chi connectivity index (χ1) is 10.8. The molecule has 0 amide bonds. The third-order valence-electron chi connectivity index (χ3n) is 4.06. The van der Waals surface area contributed by atoms with E-state index in [2.05, 4.69) is 20.4 Å². The minimum absolute atomic E-state index is 0.353. The predicted octanol–water partition coefficient (Wildman–Crippen LogP) is 0.459. The fraction of sp³-hybridized carbons (Fsp3) is 0.769. The molecule has 130 valence electrons. The summed E-state index contributed by atoms with van der Waals surface area (Å²) in [5, 5.41) is 7.15. The summed E-state index contributed by atoms with van der Waals surface area (Å²) in [6.45, 7) is 3.37. The van der Waals surface area contributed by atoms with Crippen molar-refractivity contribution in [2.24, 2.45) is 12.0 Å². The largest absolute Gasteiger partial charge is 0.403 e. The summed E-state index contributed by atoms with van der Waals surface area (Å²) in [6.07, 6.45) is -2.72. The Labute approximate surface area is 133 Å². The predicted molar refractivity (Wildman–Crippen MR) is 79.9 cm³/mol. The Hall–Kier alpha value is -1.84. The van der Waals surface area contributed by atoms with E-state index in [1.165, 1.54) is 18.2 Å². The van der Waals surface area contributed by atoms with Gasteiger partial charge in [0, 0.05) is 40.3 Å². The molecule has 1 fully saturated rings. The van der Waals surface area contributed by atoms with Crippen molar-refractivity contribution in [1.29, 1.82) is 0 Å². The molecule has 2 heterocycles. The van der Waals surface area contributed by atoms with E-state index < -0.39 is 12.2 Å². The molecule has 1 aliphatic heterocycles. The zero-order chi connectivity index (χ0) is 17.0. The Kier molecular flexibility index (Phi) is 5.45. The van der Waals surface area contributed by atoms with Crippen LogP contribution in [0.4, 0.5) is 13.2 Å². The Balaban J connectivity index is 1.86. The quantitative estimate of drug-likeness (QED) is 0.643. The smallest absolute Gasteiger partial charge is 0.349 e. The summed E-state index contributed by atoms with van der Waals surface area (Å²) in [4.78, 5) is 11.7. The molecule has 1 N–H and O–H groups in total. The van der Waals surface area contributed by atoms with Crippen molar-refractivity contribution in [3.63, 3.8) is 0 Å². The standard InChI is InChI=1S/C13H22F3N7/c1-10(13(14,15)16)22-4-6-23(7-5-22)12(17-2)18-8-11-19-9-20-21(11)3/h9-10H,4-8H2,1-3H3,(H,17,18). The topological polar surface area (TPSA) is 61.6 Å². The molecule has 23 heavy (non-hydrogen) atoms. The van der Waals surface area contributed by atoms with E-state index in [1.807, 2.05) is 4.90 Å². The van der Waals surface area contributed by atoms with Crippen LogP contribution >= 0.6 is 0 Å². The molecule has 1 aromatic heterocycles. The van der Waals surface area contributed by atoms with Crippen molar-refractivity contribution in [1.82, 2.24) is 29.9 Å². The highest BCUT2D eigenvalue weighted by molar-refractivity contribution is 5.79. The first-order valence-electron chi connectivity index (χ1n) is 7.42. The highest BCUT2D eigenvalue weighted by Gasteiger charge is 2.41. The molecule has 1 saturated heterocycles. The van der Waals surface area contributed by atoms with E-state index >= 15 is 0 Å². The molecule has 2 rings (SSSR count). The summed E-state index contributed by atoms with van der Waals surface area (Å²) in [7, 11) is 3.45. The minimum atomic E-state index is -4.19. The van der Waals surface area contributed by atoms with Crippen LogP contribution in [0, 0.1) is 0 Å². The summed E-state index contributed by atoms with van der Waals surface area (Å²) in [6, 6.07) is -1.42. The summed E-state index contributed by atoms with van der Waals surface area (Å²) >= 11 is 0. The van der Waals surface area contributed by atoms with Crippen LogP contribution in [0.15, 0.2) is 11.3 Å². The third kappa shape index (κ3) is 4.34. The van der Waals surface area contributed by atoms with Gasteiger partial charge in [0.2, 0.25) is 0 Å². The van der Waals surface area contributed by atoms with Gasteiger partial charge in [-0.2, -0.15) is 18.3 Å². The molecule has 0 aromatic carbocycles. The second-order valence-electron chi connectivity index (χ2n) is 5.44. The fourth-order valence-electron chi connectivity index (χ4n) is 2.50. The van der Waals surface area contributed by atoms with Gasteiger partial charge < -0.3 is 10.2 Å². The number of nitrogens with one attached hydrogen (secondary N) is 1. The normalized spacial score (nSPS) is 19.0. The van der Waals surface area contributed by atoms with E-state index in [-0.39, 0.29) is 0 Å². The molecule has 1 unspecified atom stereocenters. The fourth-order valence-corrected chi connectivity index (χ4v) is 2.50. The number of piperazine rings is 1. The zero-order valence-electron chi connectivity index (χ0n) is 13.5. The highest BCUT2D eigenvalue weighted by Crippen LogP contribution is 2.25. The maximum atomic E-state index is 12.8. The number of aryl methyl sites for hydroxylation is 1. The number of nitrogens with zero attached hydrogens (tertiary/aromatic N) is 6. The SMILES string of the molecule is CN=C(NCc1ncnn1C)N1CCN(C(C)C(F)(F)F)CC1. The lowest BCUT2D eigenvalue weighted by atomic mass is 10.2. The van der Waals surface area contributed by atoms with Crippen LogP contribution < -0.4 is 5.32 Å². The van der Waals surface area contributed by atoms with Gasteiger partial charge in [0.15, 0.2) is 5.96 Å². The van der Waals surface area contributed by atoms with Crippen LogP contribution in [-0.2, 0) is 13.6 Å². The second-order valence-corrected chi connectivity index (χ2v) is 5.44. The number of hydrogen-bond acceptors (Lipinski definition) is 4. The highest BCUT2D eigenvalue weighted by atomic mass is 19.4. The van der Waals surface area contributed by atoms with Gasteiger partial charge in [0.25, 0.3) is 0 Å². The monoisotopic (exact) mass is 333 g/mol. The molecule has 7 nitrogen and oxygen atoms in total. The number of alkyl halides is 3. The molecule has 1 aliphatic rings. The lowest BCUT2D eigenvalue weighted by Crippen LogP contribution is -2.56. The van der Waals surface area contributed by atoms with Crippen molar-refractivity contribution in [2.75, 3.05) is 33.2 Å². The van der Waals surface area contributed by atoms with Crippen molar-refractivity contribution in [3.8, 4) is 0 Å². The maximum absolute atomic E-state index is 12.8. The zero-order valence-corrected chi connectivity index (χ0v) is 13.5. The van der Waals surface area contributed by atoms with E-state index in [1.54, 1.807) is 18.8 Å². The average molecular weight is 333 g/mol. The van der Waals surface area contributed by atoms with Crippen LogP contribution in [0.25, 0.3) is 0 Å². The van der Waals surface area contributed by atoms with Gasteiger partial charge in [-0.05, 0) is 6.92 Å². The number of hydrogen-bond donors (Lipinski definition) is 1. The summed E-state index contributed by atoms with van der Waals surface area (Å²) in [5.74, 6) is 1.42. The lowest BCUT2D eigenvalue weighted by Gasteiger charge is -2.39. The molecule has 1 atom stereocenters. The average Bonchev–Trinajstić information content (AvgIpc) is 2.92. The van der Waals surface area contributed by atoms with Gasteiger partial charge in [-0.15, -0.1) is 0 Å². The molecule has 0 radical (unpaired) electrons. The molecule has 1 aromatic rings. The molecule has 10 heteroatoms. The molecule has 0 spiro atoms. The third-order valence-corrected chi connectivity index (χ3v) is 4.06. The molecule has 0 aliphatic carbocycles. The van der Waals surface area contributed by atoms with Crippen molar-refractivity contribution < 1.29 is 13.2 Å². The van der Waals surface area contributed by atoms with Gasteiger partial charge >= 0.3 is 6.18 Å². The van der Waals surface area contributed by atoms with E-state index in [9.17, 15) is 13.2 Å². The Bertz CT molecular complexity index is 532. The summed E-state index contributed by atoms with van der Waals surface area (Å²) < 4.78 is 40.0. The molecular formula is C13H22F3N7. The Morgan fingerprint density at radius 3 is 2.48 bits per heavy atom. The summed E-state index contributed by atoms with van der Waals surface area (Å²) in [5.41, 5.74) is 0. The Morgan fingerprint density at radius 2 is 2.00 bits per heavy atom. The number of guanidine groups is 1. The van der Waals surface area contributed by atoms with Gasteiger partial charge in [-0.25, -0.2) is 4.98 Å². The number of aliphatic imine (C=N–C) groups is 1. The molecular weight excluding hydrogens is 311 g/mol.